The maximum atomic E-state index is 12.6. The molecule has 138 valence electrons. The fraction of sp³-hybridized carbons (Fsp3) is 0.125. The van der Waals surface area contributed by atoms with Gasteiger partial charge in [-0.1, -0.05) is 64.5 Å². The van der Waals surface area contributed by atoms with Crippen molar-refractivity contribution in [2.24, 2.45) is 0 Å². The first-order chi connectivity index (χ1) is 13.7. The lowest BCUT2D eigenvalue weighted by Gasteiger charge is -2.14. The summed E-state index contributed by atoms with van der Waals surface area (Å²) >= 11 is 3.51. The highest BCUT2D eigenvalue weighted by Gasteiger charge is 2.27. The first-order valence-electron chi connectivity index (χ1n) is 9.40. The van der Waals surface area contributed by atoms with Crippen molar-refractivity contribution in [1.82, 2.24) is 4.57 Å². The number of nitrogens with zero attached hydrogens (tertiary/aromatic N) is 1. The molecule has 1 atom stereocenters. The first kappa shape index (κ1) is 17.3. The van der Waals surface area contributed by atoms with Crippen molar-refractivity contribution in [3.63, 3.8) is 0 Å². The van der Waals surface area contributed by atoms with Crippen molar-refractivity contribution in [3.05, 3.63) is 100 Å². The van der Waals surface area contributed by atoms with Crippen LogP contribution >= 0.6 is 15.9 Å². The second kappa shape index (κ2) is 6.95. The van der Waals surface area contributed by atoms with Gasteiger partial charge < -0.3 is 9.88 Å². The number of anilines is 1. The van der Waals surface area contributed by atoms with Gasteiger partial charge in [0, 0.05) is 34.9 Å². The molecule has 2 heterocycles. The van der Waals surface area contributed by atoms with Crippen LogP contribution < -0.4 is 5.32 Å². The molecule has 4 heteroatoms. The van der Waals surface area contributed by atoms with E-state index >= 15 is 0 Å². The molecule has 0 bridgehead atoms. The van der Waals surface area contributed by atoms with E-state index < -0.39 is 0 Å². The summed E-state index contributed by atoms with van der Waals surface area (Å²) in [5.41, 5.74) is 5.69. The van der Waals surface area contributed by atoms with Crippen LogP contribution in [0, 0.1) is 0 Å². The van der Waals surface area contributed by atoms with E-state index in [0.29, 0.717) is 6.42 Å². The van der Waals surface area contributed by atoms with E-state index in [9.17, 15) is 4.79 Å². The van der Waals surface area contributed by atoms with Gasteiger partial charge in [-0.3, -0.25) is 4.79 Å². The Kier molecular flexibility index (Phi) is 4.29. The fourth-order valence-electron chi connectivity index (χ4n) is 4.15. The number of aromatic nitrogens is 1. The third kappa shape index (κ3) is 3.04. The maximum Gasteiger partial charge on any atom is 0.225 e. The lowest BCUT2D eigenvalue weighted by atomic mass is 9.89. The summed E-state index contributed by atoms with van der Waals surface area (Å²) in [7, 11) is 0. The molecule has 1 aliphatic heterocycles. The highest BCUT2D eigenvalue weighted by molar-refractivity contribution is 9.10. The molecule has 0 saturated carbocycles. The van der Waals surface area contributed by atoms with Crippen LogP contribution in [0.1, 0.15) is 29.0 Å². The molecule has 1 aliphatic rings. The van der Waals surface area contributed by atoms with Crippen LogP contribution in [0.15, 0.2) is 83.5 Å². The van der Waals surface area contributed by atoms with Crippen molar-refractivity contribution in [1.29, 1.82) is 0 Å². The van der Waals surface area contributed by atoms with E-state index in [1.54, 1.807) is 0 Å². The van der Waals surface area contributed by atoms with Gasteiger partial charge >= 0.3 is 0 Å². The Bertz CT molecular complexity index is 1160. The van der Waals surface area contributed by atoms with Gasteiger partial charge in [-0.2, -0.15) is 0 Å². The quantitative estimate of drug-likeness (QED) is 0.429. The predicted molar refractivity (Wildman–Crippen MR) is 117 cm³/mol. The van der Waals surface area contributed by atoms with Crippen molar-refractivity contribution in [2.75, 3.05) is 5.32 Å². The smallest absolute Gasteiger partial charge is 0.225 e. The number of carbonyl (C=O) groups is 1. The molecule has 0 unspecified atom stereocenters. The van der Waals surface area contributed by atoms with Crippen LogP contribution in [-0.4, -0.2) is 10.5 Å². The maximum absolute atomic E-state index is 12.6. The van der Waals surface area contributed by atoms with E-state index in [4.69, 9.17) is 0 Å². The van der Waals surface area contributed by atoms with Gasteiger partial charge in [-0.25, -0.2) is 0 Å². The van der Waals surface area contributed by atoms with Gasteiger partial charge in [0.2, 0.25) is 5.91 Å². The number of benzene rings is 3. The van der Waals surface area contributed by atoms with E-state index in [1.807, 2.05) is 30.3 Å². The highest BCUT2D eigenvalue weighted by Crippen LogP contribution is 2.41. The number of hydrogen-bond donors (Lipinski definition) is 1. The zero-order valence-electron chi connectivity index (χ0n) is 15.2. The number of nitrogens with one attached hydrogen (secondary N) is 1. The Balaban J connectivity index is 1.69. The number of carbonyl (C=O) groups excluding carboxylic acids is 1. The number of hydrogen-bond acceptors (Lipinski definition) is 1. The summed E-state index contributed by atoms with van der Waals surface area (Å²) in [6, 6.07) is 24.9. The van der Waals surface area contributed by atoms with Gasteiger partial charge in [0.15, 0.2) is 0 Å². The van der Waals surface area contributed by atoms with E-state index in [1.165, 1.54) is 11.1 Å². The van der Waals surface area contributed by atoms with E-state index in [-0.39, 0.29) is 11.8 Å². The van der Waals surface area contributed by atoms with Gasteiger partial charge in [-0.15, -0.1) is 0 Å². The van der Waals surface area contributed by atoms with Crippen LogP contribution in [0.4, 0.5) is 5.69 Å². The molecule has 28 heavy (non-hydrogen) atoms. The topological polar surface area (TPSA) is 34.0 Å². The summed E-state index contributed by atoms with van der Waals surface area (Å²) in [4.78, 5) is 12.6. The van der Waals surface area contributed by atoms with Crippen molar-refractivity contribution in [2.45, 2.75) is 18.9 Å². The van der Waals surface area contributed by atoms with Crippen LogP contribution in [0.2, 0.25) is 0 Å². The molecule has 0 spiro atoms. The van der Waals surface area contributed by atoms with Crippen molar-refractivity contribution < 1.29 is 4.79 Å². The van der Waals surface area contributed by atoms with Gasteiger partial charge in [0.25, 0.3) is 0 Å². The van der Waals surface area contributed by atoms with Crippen molar-refractivity contribution >= 4 is 38.4 Å². The summed E-state index contributed by atoms with van der Waals surface area (Å²) < 4.78 is 3.34. The molecule has 4 aromatic rings. The lowest BCUT2D eigenvalue weighted by molar-refractivity contribution is -0.116. The zero-order valence-corrected chi connectivity index (χ0v) is 16.8. The number of amides is 1. The number of halogens is 1. The highest BCUT2D eigenvalue weighted by atomic mass is 79.9. The predicted octanol–water partition coefficient (Wildman–Crippen LogP) is 5.93. The molecule has 0 aliphatic carbocycles. The van der Waals surface area contributed by atoms with Crippen LogP contribution in [0.5, 0.6) is 0 Å². The third-order valence-electron chi connectivity index (χ3n) is 5.44. The molecule has 0 fully saturated rings. The van der Waals surface area contributed by atoms with E-state index in [2.05, 4.69) is 74.5 Å². The Hall–Kier alpha value is -2.85. The molecule has 1 aromatic heterocycles. The second-order valence-electron chi connectivity index (χ2n) is 7.25. The molecular formula is C24H19BrN2O. The van der Waals surface area contributed by atoms with Gasteiger partial charge in [0.05, 0.1) is 11.2 Å². The van der Waals surface area contributed by atoms with Gasteiger partial charge in [-0.05, 0) is 41.0 Å². The van der Waals surface area contributed by atoms with E-state index in [0.717, 1.165) is 33.2 Å². The zero-order chi connectivity index (χ0) is 19.1. The first-order valence-corrected chi connectivity index (χ1v) is 10.2. The fourth-order valence-corrected chi connectivity index (χ4v) is 4.42. The largest absolute Gasteiger partial charge is 0.343 e. The minimum Gasteiger partial charge on any atom is -0.343 e. The van der Waals surface area contributed by atoms with Crippen molar-refractivity contribution in [3.8, 4) is 0 Å². The molecule has 0 radical (unpaired) electrons. The molecule has 5 rings (SSSR count). The average Bonchev–Trinajstić information content (AvgIpc) is 2.99. The summed E-state index contributed by atoms with van der Waals surface area (Å²) in [5, 5.41) is 4.26. The summed E-state index contributed by atoms with van der Waals surface area (Å²) in [5.74, 6) is 0.0995. The molecular weight excluding hydrogens is 412 g/mol. The summed E-state index contributed by atoms with van der Waals surface area (Å²) in [6.07, 6.45) is 2.68. The van der Waals surface area contributed by atoms with Crippen LogP contribution in [-0.2, 0) is 11.3 Å². The monoisotopic (exact) mass is 430 g/mol. The molecule has 3 aromatic carbocycles. The molecule has 1 N–H and O–H groups in total. The normalized spacial score (nSPS) is 16.0. The third-order valence-corrected chi connectivity index (χ3v) is 5.97. The molecule has 1 amide bonds. The Labute approximate surface area is 172 Å². The SMILES string of the molecule is O=C1C[C@@H](c2ccc(Br)cc2)c2cn(Cc3ccccc3)c3cccc(c23)N1. The standard InChI is InChI=1S/C24H19BrN2O/c25-18-11-9-17(10-12-18)19-13-23(28)26-21-7-4-8-22-24(21)20(19)15-27(22)14-16-5-2-1-3-6-16/h1-12,15,19H,13-14H2,(H,26,28)/t19-/m0/s1. The average molecular weight is 431 g/mol. The summed E-state index contributed by atoms with van der Waals surface area (Å²) in [6.45, 7) is 0.807. The second-order valence-corrected chi connectivity index (χ2v) is 8.17. The minimum absolute atomic E-state index is 0.0382. The lowest BCUT2D eigenvalue weighted by Crippen LogP contribution is -2.13. The van der Waals surface area contributed by atoms with Gasteiger partial charge in [0.1, 0.15) is 0 Å². The minimum atomic E-state index is 0.0382. The Morgan fingerprint density at radius 2 is 1.75 bits per heavy atom. The van der Waals surface area contributed by atoms with Crippen LogP contribution in [0.25, 0.3) is 10.9 Å². The Morgan fingerprint density at radius 1 is 0.964 bits per heavy atom. The number of rotatable bonds is 3. The van der Waals surface area contributed by atoms with Crippen LogP contribution in [0.3, 0.4) is 0 Å². The molecule has 3 nitrogen and oxygen atoms in total. The Morgan fingerprint density at radius 3 is 2.54 bits per heavy atom. The molecule has 0 saturated heterocycles.